The van der Waals surface area contributed by atoms with Gasteiger partial charge in [-0.1, -0.05) is 12.1 Å². The molecule has 0 aliphatic carbocycles. The molecule has 38 heavy (non-hydrogen) atoms. The number of aromatic nitrogens is 2. The van der Waals surface area contributed by atoms with Crippen molar-refractivity contribution in [2.75, 3.05) is 26.0 Å². The molecule has 13 heteroatoms. The second-order valence-corrected chi connectivity index (χ2v) is 10.6. The number of carbonyl (C=O) groups excluding carboxylic acids is 2. The number of methoxy groups -OCH3 is 1. The Kier molecular flexibility index (Phi) is 11.0. The molecule has 2 rings (SSSR count). The summed E-state index contributed by atoms with van der Waals surface area (Å²) in [5.74, 6) is -0.271. The first-order valence-electron chi connectivity index (χ1n) is 11.8. The van der Waals surface area contributed by atoms with Crippen molar-refractivity contribution in [1.29, 1.82) is 0 Å². The fraction of sp³-hybridized carbons (Fsp3) is 0.480. The third-order valence-corrected chi connectivity index (χ3v) is 6.26. The van der Waals surface area contributed by atoms with Crippen molar-refractivity contribution in [2.45, 2.75) is 51.6 Å². The molecule has 0 spiro atoms. The van der Waals surface area contributed by atoms with E-state index in [1.54, 1.807) is 27.9 Å². The van der Waals surface area contributed by atoms with E-state index in [1.165, 1.54) is 24.9 Å². The maximum absolute atomic E-state index is 13.1. The number of aromatic amines is 1. The second kappa shape index (κ2) is 13.7. The van der Waals surface area contributed by atoms with E-state index < -0.39 is 54.0 Å². The number of nitrogens with one attached hydrogen (secondary N) is 2. The van der Waals surface area contributed by atoms with Gasteiger partial charge in [0.15, 0.2) is 0 Å². The summed E-state index contributed by atoms with van der Waals surface area (Å²) in [7, 11) is 1.58. The molecule has 0 aliphatic rings. The zero-order chi connectivity index (χ0) is 28.5. The number of carboxylic acid groups (broad SMARTS) is 1. The molecule has 1 atom stereocenters. The zero-order valence-electron chi connectivity index (χ0n) is 22.1. The van der Waals surface area contributed by atoms with E-state index in [2.05, 4.69) is 10.3 Å². The number of alkyl carbamates (subject to hydrolysis) is 1. The summed E-state index contributed by atoms with van der Waals surface area (Å²) in [6.45, 7) is 5.35. The van der Waals surface area contributed by atoms with E-state index in [9.17, 15) is 29.1 Å². The van der Waals surface area contributed by atoms with Gasteiger partial charge < -0.3 is 24.8 Å². The predicted molar refractivity (Wildman–Crippen MR) is 143 cm³/mol. The van der Waals surface area contributed by atoms with Crippen LogP contribution in [0.1, 0.15) is 31.9 Å². The Bertz CT molecular complexity index is 1230. The van der Waals surface area contributed by atoms with Crippen LogP contribution in [-0.2, 0) is 26.6 Å². The van der Waals surface area contributed by atoms with Crippen LogP contribution in [0.4, 0.5) is 4.79 Å². The maximum Gasteiger partial charge on any atom is 0.407 e. The van der Waals surface area contributed by atoms with Gasteiger partial charge in [0.1, 0.15) is 24.4 Å². The molecule has 3 N–H and O–H groups in total. The fourth-order valence-corrected chi connectivity index (χ4v) is 4.34. The van der Waals surface area contributed by atoms with Crippen LogP contribution < -0.4 is 21.3 Å². The lowest BCUT2D eigenvalue weighted by atomic mass is 10.2. The summed E-state index contributed by atoms with van der Waals surface area (Å²) >= 11 is 1.48. The van der Waals surface area contributed by atoms with Gasteiger partial charge in [-0.15, -0.1) is 0 Å². The molecule has 12 nitrogen and oxygen atoms in total. The number of aryl methyl sites for hydroxylation is 1. The third-order valence-electron chi connectivity index (χ3n) is 5.08. The van der Waals surface area contributed by atoms with E-state index in [-0.39, 0.29) is 12.1 Å². The van der Waals surface area contributed by atoms with Crippen LogP contribution in [0.25, 0.3) is 0 Å². The monoisotopic (exact) mass is 550 g/mol. The van der Waals surface area contributed by atoms with Gasteiger partial charge in [-0.25, -0.2) is 9.59 Å². The first-order valence-corrected chi connectivity index (χ1v) is 12.9. The van der Waals surface area contributed by atoms with Crippen LogP contribution >= 0.6 is 11.8 Å². The molecule has 0 fully saturated rings. The van der Waals surface area contributed by atoms with E-state index in [4.69, 9.17) is 9.47 Å². The minimum absolute atomic E-state index is 0.142. The Morgan fingerprint density at radius 3 is 2.42 bits per heavy atom. The second-order valence-electron chi connectivity index (χ2n) is 9.57. The van der Waals surface area contributed by atoms with Crippen molar-refractivity contribution in [2.24, 2.45) is 0 Å². The van der Waals surface area contributed by atoms with Gasteiger partial charge in [0, 0.05) is 29.8 Å². The van der Waals surface area contributed by atoms with Gasteiger partial charge in [0.25, 0.3) is 5.56 Å². The topological polar surface area (TPSA) is 160 Å². The Hall–Kier alpha value is -3.74. The Morgan fingerprint density at radius 1 is 1.18 bits per heavy atom. The molecule has 208 valence electrons. The zero-order valence-corrected chi connectivity index (χ0v) is 22.9. The van der Waals surface area contributed by atoms with Crippen LogP contribution in [-0.4, -0.2) is 75.1 Å². The minimum atomic E-state index is -1.26. The van der Waals surface area contributed by atoms with E-state index in [1.807, 2.05) is 24.3 Å². The summed E-state index contributed by atoms with van der Waals surface area (Å²) in [6, 6.07) is 6.82. The lowest BCUT2D eigenvalue weighted by Gasteiger charge is -2.28. The number of nitrogens with zero attached hydrogens (tertiary/aromatic N) is 2. The number of carbonyl (C=O) groups is 3. The highest BCUT2D eigenvalue weighted by atomic mass is 32.2. The number of H-pyrrole nitrogens is 1. The van der Waals surface area contributed by atoms with Gasteiger partial charge in [0.2, 0.25) is 5.91 Å². The van der Waals surface area contributed by atoms with Crippen molar-refractivity contribution < 1.29 is 29.0 Å². The lowest BCUT2D eigenvalue weighted by molar-refractivity contribution is -0.144. The molecule has 2 aromatic rings. The summed E-state index contributed by atoms with van der Waals surface area (Å²) in [5.41, 5.74) is -0.885. The molecule has 0 radical (unpaired) electrons. The molecular formula is C25H34N4O8S. The van der Waals surface area contributed by atoms with E-state index in [0.717, 1.165) is 20.8 Å². The van der Waals surface area contributed by atoms with Crippen LogP contribution in [0.2, 0.25) is 0 Å². The summed E-state index contributed by atoms with van der Waals surface area (Å²) < 4.78 is 11.5. The predicted octanol–water partition coefficient (Wildman–Crippen LogP) is 1.59. The molecule has 2 amide bonds. The maximum atomic E-state index is 13.1. The minimum Gasteiger partial charge on any atom is -0.497 e. The molecule has 1 aromatic carbocycles. The summed E-state index contributed by atoms with van der Waals surface area (Å²) in [5, 5.41) is 12.1. The molecular weight excluding hydrogens is 516 g/mol. The van der Waals surface area contributed by atoms with Gasteiger partial charge >= 0.3 is 17.8 Å². The molecule has 0 aliphatic heterocycles. The van der Waals surface area contributed by atoms with Crippen molar-refractivity contribution in [1.82, 2.24) is 19.8 Å². The van der Waals surface area contributed by atoms with Crippen LogP contribution in [0.3, 0.4) is 0 Å². The molecule has 0 saturated carbocycles. The first kappa shape index (κ1) is 30.5. The number of aliphatic carboxylic acids is 1. The fourth-order valence-electron chi connectivity index (χ4n) is 3.32. The van der Waals surface area contributed by atoms with Gasteiger partial charge in [-0.2, -0.15) is 11.8 Å². The van der Waals surface area contributed by atoms with E-state index in [0.29, 0.717) is 11.5 Å². The number of thioether (sulfide) groups is 1. The molecule has 1 heterocycles. The average molecular weight is 551 g/mol. The quantitative estimate of drug-likeness (QED) is 0.357. The van der Waals surface area contributed by atoms with Crippen molar-refractivity contribution >= 4 is 29.7 Å². The van der Waals surface area contributed by atoms with E-state index >= 15 is 0 Å². The number of benzene rings is 1. The Labute approximate surface area is 224 Å². The molecule has 0 saturated heterocycles. The molecule has 0 unspecified atom stereocenters. The first-order chi connectivity index (χ1) is 17.8. The molecule has 0 bridgehead atoms. The summed E-state index contributed by atoms with van der Waals surface area (Å²) in [6.07, 6.45) is 0.529. The number of hydrogen-bond donors (Lipinski definition) is 3. The highest BCUT2D eigenvalue weighted by Gasteiger charge is 2.25. The largest absolute Gasteiger partial charge is 0.497 e. The standard InChI is InChI=1S/C25H34N4O8S/c1-16-10-29(23(34)27-22(16)33)12-20(30)28(13-21(31)32)11-18(26-24(35)37-25(2,3)4)15-38-14-17-6-8-19(36-5)9-7-17/h6-10,18H,11-15H2,1-5H3,(H,26,35)(H,31,32)(H,27,33,34)/t18-/m1/s1. The van der Waals surface area contributed by atoms with Gasteiger partial charge in [-0.3, -0.25) is 23.9 Å². The number of amides is 2. The Morgan fingerprint density at radius 2 is 1.84 bits per heavy atom. The molecule has 1 aromatic heterocycles. The van der Waals surface area contributed by atoms with Crippen LogP contribution in [0, 0.1) is 6.92 Å². The number of carboxylic acids is 1. The number of ether oxygens (including phenoxy) is 2. The summed E-state index contributed by atoms with van der Waals surface area (Å²) in [4.78, 5) is 64.0. The SMILES string of the molecule is COc1ccc(CSC[C@@H](CN(CC(=O)O)C(=O)Cn2cc(C)c(=O)[nH]c2=O)NC(=O)OC(C)(C)C)cc1. The Balaban J connectivity index is 2.19. The van der Waals surface area contributed by atoms with Gasteiger partial charge in [0.05, 0.1) is 13.2 Å². The third kappa shape index (κ3) is 10.3. The highest BCUT2D eigenvalue weighted by molar-refractivity contribution is 7.98. The lowest BCUT2D eigenvalue weighted by Crippen LogP contribution is -2.50. The van der Waals surface area contributed by atoms with Crippen molar-refractivity contribution in [3.05, 3.63) is 62.4 Å². The van der Waals surface area contributed by atoms with Crippen molar-refractivity contribution in [3.63, 3.8) is 0 Å². The number of hydrogen-bond acceptors (Lipinski definition) is 8. The normalized spacial score (nSPS) is 11.9. The van der Waals surface area contributed by atoms with Crippen molar-refractivity contribution in [3.8, 4) is 5.75 Å². The highest BCUT2D eigenvalue weighted by Crippen LogP contribution is 2.18. The smallest absolute Gasteiger partial charge is 0.407 e. The number of rotatable bonds is 12. The average Bonchev–Trinajstić information content (AvgIpc) is 2.80. The van der Waals surface area contributed by atoms with Crippen LogP contribution in [0.5, 0.6) is 5.75 Å². The van der Waals surface area contributed by atoms with Gasteiger partial charge in [-0.05, 0) is 45.4 Å². The van der Waals surface area contributed by atoms with Crippen LogP contribution in [0.15, 0.2) is 40.1 Å².